The predicted octanol–water partition coefficient (Wildman–Crippen LogP) is 3.06. The molecule has 1 aromatic rings. The van der Waals surface area contributed by atoms with Crippen molar-refractivity contribution >= 4 is 17.3 Å². The van der Waals surface area contributed by atoms with Crippen molar-refractivity contribution in [2.45, 2.75) is 38.6 Å². The Morgan fingerprint density at radius 3 is 2.85 bits per heavy atom. The maximum Gasteiger partial charge on any atom is 0.335 e. The molecule has 1 aliphatic rings. The van der Waals surface area contributed by atoms with E-state index in [0.717, 1.165) is 38.3 Å². The average molecular weight is 278 g/mol. The third-order valence-corrected chi connectivity index (χ3v) is 3.83. The summed E-state index contributed by atoms with van der Waals surface area (Å²) in [5.41, 5.74) is 0.363. The summed E-state index contributed by atoms with van der Waals surface area (Å²) in [5, 5.41) is 20.2. The molecule has 0 aliphatic carbocycles. The Balaban J connectivity index is 2.44. The smallest absolute Gasteiger partial charge is 0.335 e. The second-order valence-electron chi connectivity index (χ2n) is 5.02. The van der Waals surface area contributed by atoms with Gasteiger partial charge in [0.1, 0.15) is 5.69 Å². The largest absolute Gasteiger partial charge is 0.478 e. The third-order valence-electron chi connectivity index (χ3n) is 3.83. The van der Waals surface area contributed by atoms with E-state index in [-0.39, 0.29) is 17.3 Å². The average Bonchev–Trinajstić information content (AvgIpc) is 2.46. The monoisotopic (exact) mass is 278 g/mol. The van der Waals surface area contributed by atoms with E-state index in [1.54, 1.807) is 6.07 Å². The zero-order valence-corrected chi connectivity index (χ0v) is 11.4. The van der Waals surface area contributed by atoms with Gasteiger partial charge < -0.3 is 10.0 Å². The lowest BCUT2D eigenvalue weighted by Gasteiger charge is -2.36. The number of aromatic carboxylic acids is 1. The highest BCUT2D eigenvalue weighted by molar-refractivity contribution is 5.89. The van der Waals surface area contributed by atoms with Gasteiger partial charge in [0.25, 0.3) is 5.69 Å². The number of piperidine rings is 1. The topological polar surface area (TPSA) is 83.7 Å². The van der Waals surface area contributed by atoms with Crippen LogP contribution in [-0.4, -0.2) is 28.6 Å². The Labute approximate surface area is 117 Å². The van der Waals surface area contributed by atoms with Crippen LogP contribution in [0.5, 0.6) is 0 Å². The molecule has 1 N–H and O–H groups in total. The van der Waals surface area contributed by atoms with Gasteiger partial charge in [0, 0.05) is 18.7 Å². The quantitative estimate of drug-likeness (QED) is 0.676. The molecule has 0 bridgehead atoms. The summed E-state index contributed by atoms with van der Waals surface area (Å²) in [6.07, 6.45) is 4.09. The molecule has 6 heteroatoms. The first-order valence-corrected chi connectivity index (χ1v) is 6.83. The van der Waals surface area contributed by atoms with Gasteiger partial charge in [0.05, 0.1) is 10.5 Å². The molecule has 0 saturated carbocycles. The lowest BCUT2D eigenvalue weighted by atomic mass is 9.98. The van der Waals surface area contributed by atoms with Crippen LogP contribution in [0.1, 0.15) is 43.0 Å². The van der Waals surface area contributed by atoms with Crippen LogP contribution in [-0.2, 0) is 0 Å². The maximum absolute atomic E-state index is 11.2. The highest BCUT2D eigenvalue weighted by Crippen LogP contribution is 2.34. The first kappa shape index (κ1) is 14.3. The molecule has 2 rings (SSSR count). The van der Waals surface area contributed by atoms with Gasteiger partial charge in [-0.3, -0.25) is 10.1 Å². The normalized spacial score (nSPS) is 18.9. The van der Waals surface area contributed by atoms with Crippen LogP contribution >= 0.6 is 0 Å². The molecule has 108 valence electrons. The van der Waals surface area contributed by atoms with Gasteiger partial charge in [-0.25, -0.2) is 4.79 Å². The van der Waals surface area contributed by atoms with Gasteiger partial charge >= 0.3 is 5.97 Å². The van der Waals surface area contributed by atoms with Crippen LogP contribution in [0.15, 0.2) is 18.2 Å². The molecular formula is C14H18N2O4. The summed E-state index contributed by atoms with van der Waals surface area (Å²) in [5.74, 6) is -1.15. The van der Waals surface area contributed by atoms with Crippen molar-refractivity contribution in [2.24, 2.45) is 0 Å². The number of carbonyl (C=O) groups is 1. The summed E-state index contributed by atoms with van der Waals surface area (Å²) in [6, 6.07) is 4.44. The summed E-state index contributed by atoms with van der Waals surface area (Å²) in [4.78, 5) is 23.7. The van der Waals surface area contributed by atoms with Crippen molar-refractivity contribution in [1.82, 2.24) is 0 Å². The highest BCUT2D eigenvalue weighted by Gasteiger charge is 2.27. The third kappa shape index (κ3) is 2.74. The standard InChI is InChI=1S/C14H18N2O4/c1-2-11-5-3-4-8-15(11)12-7-6-10(14(17)18)9-13(12)16(19)20/h6-7,9,11H,2-5,8H2,1H3,(H,17,18)/t11-/m1/s1. The molecule has 1 saturated heterocycles. The molecule has 6 nitrogen and oxygen atoms in total. The molecule has 1 aliphatic heterocycles. The van der Waals surface area contributed by atoms with E-state index in [4.69, 9.17) is 5.11 Å². The van der Waals surface area contributed by atoms with Gasteiger partial charge in [-0.2, -0.15) is 0 Å². The molecule has 0 radical (unpaired) electrons. The summed E-state index contributed by atoms with van der Waals surface area (Å²) < 4.78 is 0. The minimum absolute atomic E-state index is 0.0505. The summed E-state index contributed by atoms with van der Waals surface area (Å²) in [6.45, 7) is 2.85. The number of hydrogen-bond acceptors (Lipinski definition) is 4. The van der Waals surface area contributed by atoms with Crippen LogP contribution < -0.4 is 4.90 Å². The number of nitrogens with zero attached hydrogens (tertiary/aromatic N) is 2. The van der Waals surface area contributed by atoms with Gasteiger partial charge in [-0.05, 0) is 37.8 Å². The highest BCUT2D eigenvalue weighted by atomic mass is 16.6. The SMILES string of the molecule is CC[C@@H]1CCCCN1c1ccc(C(=O)O)cc1[N+](=O)[O-]. The lowest BCUT2D eigenvalue weighted by Crippen LogP contribution is -2.39. The van der Waals surface area contributed by atoms with Gasteiger partial charge in [0.15, 0.2) is 0 Å². The van der Waals surface area contributed by atoms with E-state index >= 15 is 0 Å². The fourth-order valence-electron chi connectivity index (χ4n) is 2.79. The van der Waals surface area contributed by atoms with Crippen molar-refractivity contribution in [3.05, 3.63) is 33.9 Å². The molecule has 1 fully saturated rings. The van der Waals surface area contributed by atoms with E-state index in [1.807, 2.05) is 4.90 Å². The molecule has 0 unspecified atom stereocenters. The Morgan fingerprint density at radius 2 is 2.25 bits per heavy atom. The van der Waals surface area contributed by atoms with E-state index in [1.165, 1.54) is 6.07 Å². The second-order valence-corrected chi connectivity index (χ2v) is 5.02. The zero-order valence-electron chi connectivity index (χ0n) is 11.4. The van der Waals surface area contributed by atoms with E-state index < -0.39 is 10.9 Å². The Kier molecular flexibility index (Phi) is 4.22. The minimum Gasteiger partial charge on any atom is -0.478 e. The summed E-state index contributed by atoms with van der Waals surface area (Å²) >= 11 is 0. The molecule has 1 atom stereocenters. The van der Waals surface area contributed by atoms with Crippen molar-refractivity contribution in [1.29, 1.82) is 0 Å². The van der Waals surface area contributed by atoms with E-state index in [2.05, 4.69) is 6.92 Å². The fourth-order valence-corrected chi connectivity index (χ4v) is 2.79. The van der Waals surface area contributed by atoms with Crippen LogP contribution in [0.3, 0.4) is 0 Å². The summed E-state index contributed by atoms with van der Waals surface area (Å²) in [7, 11) is 0. The molecule has 0 amide bonds. The first-order chi connectivity index (χ1) is 9.54. The fraction of sp³-hybridized carbons (Fsp3) is 0.500. The van der Waals surface area contributed by atoms with E-state index in [0.29, 0.717) is 5.69 Å². The number of anilines is 1. The van der Waals surface area contributed by atoms with E-state index in [9.17, 15) is 14.9 Å². The van der Waals surface area contributed by atoms with Gasteiger partial charge in [-0.1, -0.05) is 6.92 Å². The Morgan fingerprint density at radius 1 is 1.50 bits per heavy atom. The molecule has 0 aromatic heterocycles. The van der Waals surface area contributed by atoms with Crippen molar-refractivity contribution in [3.63, 3.8) is 0 Å². The molecule has 0 spiro atoms. The van der Waals surface area contributed by atoms with Crippen molar-refractivity contribution < 1.29 is 14.8 Å². The number of nitro benzene ring substituents is 1. The number of rotatable bonds is 4. The first-order valence-electron chi connectivity index (χ1n) is 6.83. The number of benzene rings is 1. The second kappa shape index (κ2) is 5.90. The Hall–Kier alpha value is -2.11. The molecular weight excluding hydrogens is 260 g/mol. The van der Waals surface area contributed by atoms with Crippen LogP contribution in [0.25, 0.3) is 0 Å². The predicted molar refractivity (Wildman–Crippen MR) is 75.3 cm³/mol. The van der Waals surface area contributed by atoms with Gasteiger partial charge in [-0.15, -0.1) is 0 Å². The Bertz CT molecular complexity index is 530. The molecule has 1 aromatic carbocycles. The lowest BCUT2D eigenvalue weighted by molar-refractivity contribution is -0.384. The number of hydrogen-bond donors (Lipinski definition) is 1. The van der Waals surface area contributed by atoms with Crippen molar-refractivity contribution in [2.75, 3.05) is 11.4 Å². The maximum atomic E-state index is 11.2. The molecule has 20 heavy (non-hydrogen) atoms. The number of carboxylic acid groups (broad SMARTS) is 1. The number of carboxylic acids is 1. The van der Waals surface area contributed by atoms with Crippen molar-refractivity contribution in [3.8, 4) is 0 Å². The van der Waals surface area contributed by atoms with Gasteiger partial charge in [0.2, 0.25) is 0 Å². The van der Waals surface area contributed by atoms with Crippen LogP contribution in [0.4, 0.5) is 11.4 Å². The zero-order chi connectivity index (χ0) is 14.7. The minimum atomic E-state index is -1.15. The van der Waals surface area contributed by atoms with Crippen LogP contribution in [0.2, 0.25) is 0 Å². The molecule has 1 heterocycles. The number of nitro groups is 1. The van der Waals surface area contributed by atoms with Crippen LogP contribution in [0, 0.1) is 10.1 Å².